The molecule has 132 valence electrons. The van der Waals surface area contributed by atoms with Crippen molar-refractivity contribution in [2.24, 2.45) is 16.8 Å². The zero-order valence-electron chi connectivity index (χ0n) is 14.8. The Morgan fingerprint density at radius 3 is 2.65 bits per heavy atom. The van der Waals surface area contributed by atoms with E-state index in [1.165, 1.54) is 6.42 Å². The van der Waals surface area contributed by atoms with Crippen LogP contribution in [-0.4, -0.2) is 62.7 Å². The third-order valence-electron chi connectivity index (χ3n) is 4.55. The molecule has 3 atom stereocenters. The van der Waals surface area contributed by atoms with E-state index < -0.39 is 0 Å². The van der Waals surface area contributed by atoms with Gasteiger partial charge < -0.3 is 20.3 Å². The van der Waals surface area contributed by atoms with Gasteiger partial charge in [0.2, 0.25) is 5.91 Å². The van der Waals surface area contributed by atoms with Gasteiger partial charge in [0.05, 0.1) is 12.6 Å². The Hall–Kier alpha value is -1.30. The zero-order chi connectivity index (χ0) is 16.7. The molecule has 2 aliphatic rings. The highest BCUT2D eigenvalue weighted by molar-refractivity contribution is 5.81. The predicted octanol–water partition coefficient (Wildman–Crippen LogP) is 1.23. The van der Waals surface area contributed by atoms with Gasteiger partial charge in [0.25, 0.3) is 0 Å². The molecule has 0 saturated carbocycles. The molecule has 2 rings (SSSR count). The lowest BCUT2D eigenvalue weighted by Gasteiger charge is -2.37. The van der Waals surface area contributed by atoms with E-state index in [-0.39, 0.29) is 12.0 Å². The van der Waals surface area contributed by atoms with Gasteiger partial charge in [-0.1, -0.05) is 13.8 Å². The summed E-state index contributed by atoms with van der Waals surface area (Å²) in [5, 5.41) is 6.04. The van der Waals surface area contributed by atoms with Gasteiger partial charge in [0.15, 0.2) is 5.96 Å². The lowest BCUT2D eigenvalue weighted by atomic mass is 9.92. The monoisotopic (exact) mass is 324 g/mol. The fourth-order valence-corrected chi connectivity index (χ4v) is 3.49. The largest absolute Gasteiger partial charge is 0.376 e. The smallest absolute Gasteiger partial charge is 0.221 e. The van der Waals surface area contributed by atoms with E-state index in [0.717, 1.165) is 38.5 Å². The number of piperidine rings is 1. The Morgan fingerprint density at radius 1 is 1.30 bits per heavy atom. The van der Waals surface area contributed by atoms with Crippen LogP contribution in [0.25, 0.3) is 0 Å². The van der Waals surface area contributed by atoms with Crippen molar-refractivity contribution >= 4 is 11.9 Å². The van der Waals surface area contributed by atoms with E-state index in [0.29, 0.717) is 31.3 Å². The third kappa shape index (κ3) is 6.01. The second kappa shape index (κ2) is 9.11. The van der Waals surface area contributed by atoms with Crippen LogP contribution in [0.4, 0.5) is 0 Å². The molecule has 2 aliphatic heterocycles. The average molecular weight is 324 g/mol. The van der Waals surface area contributed by atoms with Gasteiger partial charge in [-0.25, -0.2) is 0 Å². The van der Waals surface area contributed by atoms with E-state index in [2.05, 4.69) is 29.4 Å². The number of amides is 1. The van der Waals surface area contributed by atoms with Crippen molar-refractivity contribution in [3.8, 4) is 0 Å². The molecular formula is C17H32N4O2. The summed E-state index contributed by atoms with van der Waals surface area (Å²) in [6, 6.07) is 0. The van der Waals surface area contributed by atoms with Crippen LogP contribution in [0.3, 0.4) is 0 Å². The molecule has 6 heteroatoms. The van der Waals surface area contributed by atoms with Gasteiger partial charge in [-0.15, -0.1) is 0 Å². The van der Waals surface area contributed by atoms with E-state index >= 15 is 0 Å². The first-order valence-corrected chi connectivity index (χ1v) is 8.94. The molecule has 3 unspecified atom stereocenters. The highest BCUT2D eigenvalue weighted by Gasteiger charge is 2.25. The molecule has 0 aromatic heterocycles. The van der Waals surface area contributed by atoms with Gasteiger partial charge in [0.1, 0.15) is 0 Å². The van der Waals surface area contributed by atoms with Crippen LogP contribution in [0.2, 0.25) is 0 Å². The van der Waals surface area contributed by atoms with E-state index in [4.69, 9.17) is 9.73 Å². The van der Waals surface area contributed by atoms with Gasteiger partial charge >= 0.3 is 0 Å². The summed E-state index contributed by atoms with van der Waals surface area (Å²) in [7, 11) is 1.67. The first kappa shape index (κ1) is 18.0. The van der Waals surface area contributed by atoms with E-state index in [1.54, 1.807) is 7.05 Å². The number of hydrogen-bond donors (Lipinski definition) is 2. The summed E-state index contributed by atoms with van der Waals surface area (Å²) in [4.78, 5) is 18.6. The Labute approximate surface area is 140 Å². The van der Waals surface area contributed by atoms with Gasteiger partial charge in [-0.3, -0.25) is 9.79 Å². The Morgan fingerprint density at radius 2 is 2.04 bits per heavy atom. The summed E-state index contributed by atoms with van der Waals surface area (Å²) in [5.74, 6) is 2.33. The number of carbonyl (C=O) groups is 1. The molecule has 0 radical (unpaired) electrons. The molecule has 23 heavy (non-hydrogen) atoms. The first-order chi connectivity index (χ1) is 11.1. The highest BCUT2D eigenvalue weighted by Crippen LogP contribution is 2.21. The van der Waals surface area contributed by atoms with Crippen LogP contribution in [0.1, 0.15) is 39.5 Å². The van der Waals surface area contributed by atoms with Crippen molar-refractivity contribution in [2.45, 2.75) is 45.6 Å². The molecule has 0 spiro atoms. The van der Waals surface area contributed by atoms with E-state index in [9.17, 15) is 4.79 Å². The third-order valence-corrected chi connectivity index (χ3v) is 4.55. The lowest BCUT2D eigenvalue weighted by molar-refractivity contribution is -0.120. The van der Waals surface area contributed by atoms with Crippen molar-refractivity contribution in [1.82, 2.24) is 15.5 Å². The van der Waals surface area contributed by atoms with Crippen LogP contribution in [0.15, 0.2) is 4.99 Å². The number of nitrogens with zero attached hydrogens (tertiary/aromatic N) is 2. The molecule has 0 aliphatic carbocycles. The van der Waals surface area contributed by atoms with Crippen LogP contribution in [0.5, 0.6) is 0 Å². The molecule has 2 heterocycles. The van der Waals surface area contributed by atoms with Gasteiger partial charge in [-0.2, -0.15) is 0 Å². The molecule has 0 aromatic carbocycles. The molecule has 0 bridgehead atoms. The normalized spacial score (nSPS) is 28.7. The fourth-order valence-electron chi connectivity index (χ4n) is 3.49. The maximum atomic E-state index is 11.4. The summed E-state index contributed by atoms with van der Waals surface area (Å²) in [6.07, 6.45) is 4.23. The molecule has 0 aromatic rings. The highest BCUT2D eigenvalue weighted by atomic mass is 16.5. The van der Waals surface area contributed by atoms with Crippen molar-refractivity contribution in [3.05, 3.63) is 0 Å². The van der Waals surface area contributed by atoms with Crippen LogP contribution >= 0.6 is 0 Å². The van der Waals surface area contributed by atoms with E-state index in [1.807, 2.05) is 0 Å². The Balaban J connectivity index is 1.94. The summed E-state index contributed by atoms with van der Waals surface area (Å²) >= 11 is 0. The average Bonchev–Trinajstić information content (AvgIpc) is 3.02. The van der Waals surface area contributed by atoms with Gasteiger partial charge in [-0.05, 0) is 31.1 Å². The number of hydrogen-bond acceptors (Lipinski definition) is 3. The number of aliphatic imine (C=N–C) groups is 1. The summed E-state index contributed by atoms with van der Waals surface area (Å²) < 4.78 is 5.68. The molecular weight excluding hydrogens is 292 g/mol. The molecule has 2 fully saturated rings. The quantitative estimate of drug-likeness (QED) is 0.590. The Bertz CT molecular complexity index is 397. The van der Waals surface area contributed by atoms with Crippen molar-refractivity contribution < 1.29 is 9.53 Å². The maximum Gasteiger partial charge on any atom is 0.221 e. The zero-order valence-corrected chi connectivity index (χ0v) is 14.8. The standard InChI is InChI=1S/C17H32N4O2/c1-13-9-14(2)12-21(11-13)17(19-7-6-16(22)18-3)20-10-15-5-4-8-23-15/h13-15H,4-12H2,1-3H3,(H,18,22)(H,19,20). The summed E-state index contributed by atoms with van der Waals surface area (Å²) in [5.41, 5.74) is 0. The molecule has 2 N–H and O–H groups in total. The number of carbonyl (C=O) groups excluding carboxylic acids is 1. The minimum Gasteiger partial charge on any atom is -0.376 e. The van der Waals surface area contributed by atoms with Crippen LogP contribution in [-0.2, 0) is 9.53 Å². The lowest BCUT2D eigenvalue weighted by Crippen LogP contribution is -2.49. The SMILES string of the molecule is CNC(=O)CCNC(=NCC1CCCO1)N1CC(C)CC(C)C1. The van der Waals surface area contributed by atoms with Crippen LogP contribution < -0.4 is 10.6 Å². The summed E-state index contributed by atoms with van der Waals surface area (Å²) in [6.45, 7) is 8.83. The number of rotatable bonds is 5. The van der Waals surface area contributed by atoms with Crippen molar-refractivity contribution in [2.75, 3.05) is 39.8 Å². The van der Waals surface area contributed by atoms with Gasteiger partial charge in [0, 0.05) is 39.7 Å². The number of guanidine groups is 1. The number of ether oxygens (including phenoxy) is 1. The van der Waals surface area contributed by atoms with Crippen molar-refractivity contribution in [1.29, 1.82) is 0 Å². The predicted molar refractivity (Wildman–Crippen MR) is 92.5 cm³/mol. The topological polar surface area (TPSA) is 66.0 Å². The first-order valence-electron chi connectivity index (χ1n) is 8.94. The number of likely N-dealkylation sites (tertiary alicyclic amines) is 1. The second-order valence-electron chi connectivity index (χ2n) is 7.00. The minimum atomic E-state index is 0.0522. The minimum absolute atomic E-state index is 0.0522. The molecule has 1 amide bonds. The Kier molecular flexibility index (Phi) is 7.15. The fraction of sp³-hybridized carbons (Fsp3) is 0.882. The van der Waals surface area contributed by atoms with Crippen LogP contribution in [0, 0.1) is 11.8 Å². The molecule has 2 saturated heterocycles. The molecule has 6 nitrogen and oxygen atoms in total. The van der Waals surface area contributed by atoms with Crippen molar-refractivity contribution in [3.63, 3.8) is 0 Å². The maximum absolute atomic E-state index is 11.4. The second-order valence-corrected chi connectivity index (χ2v) is 7.00. The number of nitrogens with one attached hydrogen (secondary N) is 2.